The van der Waals surface area contributed by atoms with E-state index in [1.54, 1.807) is 12.1 Å². The number of ether oxygens (including phenoxy) is 1. The van der Waals surface area contributed by atoms with Crippen LogP contribution in [0.1, 0.15) is 32.3 Å². The van der Waals surface area contributed by atoms with Gasteiger partial charge in [0.05, 0.1) is 25.3 Å². The zero-order valence-electron chi connectivity index (χ0n) is 16.9. The van der Waals surface area contributed by atoms with Gasteiger partial charge in [0.1, 0.15) is 11.5 Å². The molecular formula is C21H27FN4O3. The fraction of sp³-hybridized carbons (Fsp3) is 0.524. The van der Waals surface area contributed by atoms with Crippen LogP contribution in [-0.4, -0.2) is 54.5 Å². The number of halogens is 1. The van der Waals surface area contributed by atoms with Crippen molar-refractivity contribution >= 4 is 11.9 Å². The van der Waals surface area contributed by atoms with Crippen LogP contribution in [0.15, 0.2) is 28.8 Å². The molecule has 0 radical (unpaired) electrons. The highest BCUT2D eigenvalue weighted by atomic mass is 19.1. The van der Waals surface area contributed by atoms with Crippen molar-refractivity contribution in [2.75, 3.05) is 31.2 Å². The van der Waals surface area contributed by atoms with Gasteiger partial charge in [0.2, 0.25) is 5.88 Å². The highest BCUT2D eigenvalue weighted by Gasteiger charge is 2.35. The van der Waals surface area contributed by atoms with Crippen LogP contribution in [0.5, 0.6) is 0 Å². The Labute approximate surface area is 169 Å². The molecule has 1 aromatic heterocycles. The first-order valence-electron chi connectivity index (χ1n) is 10.2. The average Bonchev–Trinajstić information content (AvgIpc) is 3.46. The number of amides is 2. The Morgan fingerprint density at radius 2 is 1.97 bits per heavy atom. The molecule has 2 amide bonds. The summed E-state index contributed by atoms with van der Waals surface area (Å²) in [5, 5.41) is 7.30. The van der Waals surface area contributed by atoms with E-state index >= 15 is 0 Å². The first-order chi connectivity index (χ1) is 14.0. The second kappa shape index (κ2) is 8.41. The van der Waals surface area contributed by atoms with Gasteiger partial charge in [0, 0.05) is 30.7 Å². The number of aromatic nitrogens is 1. The van der Waals surface area contributed by atoms with E-state index in [2.05, 4.69) is 15.4 Å². The van der Waals surface area contributed by atoms with Crippen LogP contribution in [0.3, 0.4) is 0 Å². The molecule has 0 unspecified atom stereocenters. The van der Waals surface area contributed by atoms with Gasteiger partial charge in [-0.05, 0) is 51.0 Å². The van der Waals surface area contributed by atoms with Crippen molar-refractivity contribution in [3.05, 3.63) is 35.6 Å². The quantitative estimate of drug-likeness (QED) is 0.802. The van der Waals surface area contributed by atoms with Gasteiger partial charge in [0.15, 0.2) is 0 Å². The van der Waals surface area contributed by atoms with Crippen LogP contribution in [0.4, 0.5) is 15.1 Å². The second-order valence-corrected chi connectivity index (χ2v) is 7.88. The zero-order chi connectivity index (χ0) is 20.4. The first-order valence-corrected chi connectivity index (χ1v) is 10.2. The van der Waals surface area contributed by atoms with Crippen LogP contribution in [0.2, 0.25) is 0 Å². The van der Waals surface area contributed by atoms with Crippen LogP contribution in [0, 0.1) is 5.82 Å². The normalized spacial score (nSPS) is 16.9. The van der Waals surface area contributed by atoms with E-state index in [0.717, 1.165) is 24.0 Å². The molecule has 0 bridgehead atoms. The number of morpholine rings is 1. The Balaban J connectivity index is 1.69. The maximum absolute atomic E-state index is 13.4. The van der Waals surface area contributed by atoms with Crippen molar-refractivity contribution in [3.63, 3.8) is 0 Å². The summed E-state index contributed by atoms with van der Waals surface area (Å²) in [5.74, 6) is 0.360. The minimum Gasteiger partial charge on any atom is -0.378 e. The summed E-state index contributed by atoms with van der Waals surface area (Å²) in [6, 6.07) is 6.40. The predicted molar refractivity (Wildman–Crippen MR) is 107 cm³/mol. The van der Waals surface area contributed by atoms with Gasteiger partial charge in [-0.1, -0.05) is 5.16 Å². The topological polar surface area (TPSA) is 70.8 Å². The van der Waals surface area contributed by atoms with Crippen molar-refractivity contribution in [1.29, 1.82) is 0 Å². The number of benzene rings is 1. The van der Waals surface area contributed by atoms with Gasteiger partial charge in [0.25, 0.3) is 0 Å². The van der Waals surface area contributed by atoms with E-state index in [-0.39, 0.29) is 23.9 Å². The maximum atomic E-state index is 13.4. The molecule has 1 aliphatic carbocycles. The molecular weight excluding hydrogens is 375 g/mol. The lowest BCUT2D eigenvalue weighted by Crippen LogP contribution is -2.44. The molecule has 0 atom stereocenters. The number of hydrogen-bond donors (Lipinski definition) is 1. The minimum atomic E-state index is -0.303. The molecule has 1 aliphatic heterocycles. The fourth-order valence-corrected chi connectivity index (χ4v) is 3.55. The maximum Gasteiger partial charge on any atom is 0.318 e. The zero-order valence-corrected chi connectivity index (χ0v) is 16.9. The van der Waals surface area contributed by atoms with Crippen LogP contribution in [-0.2, 0) is 11.3 Å². The van der Waals surface area contributed by atoms with E-state index in [1.165, 1.54) is 12.1 Å². The predicted octanol–water partition coefficient (Wildman–Crippen LogP) is 3.40. The number of carbonyl (C=O) groups is 1. The van der Waals surface area contributed by atoms with E-state index in [1.807, 2.05) is 18.7 Å². The number of carbonyl (C=O) groups excluding carboxylic acids is 1. The monoisotopic (exact) mass is 402 g/mol. The lowest BCUT2D eigenvalue weighted by atomic mass is 10.1. The van der Waals surface area contributed by atoms with Crippen LogP contribution in [0.25, 0.3) is 11.3 Å². The van der Waals surface area contributed by atoms with Gasteiger partial charge in [-0.2, -0.15) is 0 Å². The number of urea groups is 1. The average molecular weight is 402 g/mol. The highest BCUT2D eigenvalue weighted by molar-refractivity contribution is 5.76. The third kappa shape index (κ3) is 4.53. The van der Waals surface area contributed by atoms with Crippen molar-refractivity contribution in [1.82, 2.24) is 15.4 Å². The smallest absolute Gasteiger partial charge is 0.318 e. The van der Waals surface area contributed by atoms with Crippen molar-refractivity contribution in [2.45, 2.75) is 45.3 Å². The third-order valence-electron chi connectivity index (χ3n) is 5.17. The largest absolute Gasteiger partial charge is 0.378 e. The molecule has 1 N–H and O–H groups in total. The molecule has 2 aliphatic rings. The molecule has 2 fully saturated rings. The van der Waals surface area contributed by atoms with Crippen molar-refractivity contribution in [3.8, 4) is 11.3 Å². The summed E-state index contributed by atoms with van der Waals surface area (Å²) < 4.78 is 24.6. The van der Waals surface area contributed by atoms with Gasteiger partial charge < -0.3 is 24.4 Å². The lowest BCUT2D eigenvalue weighted by molar-refractivity contribution is 0.120. The van der Waals surface area contributed by atoms with E-state index < -0.39 is 0 Å². The van der Waals surface area contributed by atoms with Gasteiger partial charge in [-0.25, -0.2) is 9.18 Å². The Kier molecular flexibility index (Phi) is 5.71. The molecule has 7 nitrogen and oxygen atoms in total. The molecule has 0 spiro atoms. The van der Waals surface area contributed by atoms with Gasteiger partial charge in [-0.3, -0.25) is 0 Å². The number of nitrogens with zero attached hydrogens (tertiary/aromatic N) is 3. The van der Waals surface area contributed by atoms with Gasteiger partial charge in [-0.15, -0.1) is 0 Å². The summed E-state index contributed by atoms with van der Waals surface area (Å²) in [6.45, 7) is 6.93. The lowest BCUT2D eigenvalue weighted by Gasteiger charge is -2.29. The van der Waals surface area contributed by atoms with Crippen LogP contribution < -0.4 is 10.2 Å². The van der Waals surface area contributed by atoms with E-state index in [0.29, 0.717) is 44.4 Å². The Bertz CT molecular complexity index is 842. The van der Waals surface area contributed by atoms with Crippen LogP contribution >= 0.6 is 0 Å². The fourth-order valence-electron chi connectivity index (χ4n) is 3.55. The standard InChI is InChI=1S/C21H27FN4O3/c1-14(2)23-21(27)26(17-7-8-17)13-18-19(15-3-5-16(22)6-4-15)24-29-20(18)25-9-11-28-12-10-25/h3-6,14,17H,7-13H2,1-2H3,(H,23,27). The summed E-state index contributed by atoms with van der Waals surface area (Å²) in [6.07, 6.45) is 1.99. The summed E-state index contributed by atoms with van der Waals surface area (Å²) >= 11 is 0. The number of hydrogen-bond acceptors (Lipinski definition) is 5. The highest BCUT2D eigenvalue weighted by Crippen LogP contribution is 2.36. The Hall–Kier alpha value is -2.61. The Morgan fingerprint density at radius 3 is 2.59 bits per heavy atom. The van der Waals surface area contributed by atoms with E-state index in [4.69, 9.17) is 9.26 Å². The Morgan fingerprint density at radius 1 is 1.28 bits per heavy atom. The molecule has 1 saturated carbocycles. The molecule has 8 heteroatoms. The molecule has 2 heterocycles. The molecule has 29 heavy (non-hydrogen) atoms. The molecule has 1 saturated heterocycles. The summed E-state index contributed by atoms with van der Waals surface area (Å²) in [4.78, 5) is 16.8. The summed E-state index contributed by atoms with van der Waals surface area (Å²) in [5.41, 5.74) is 2.27. The molecule has 156 valence electrons. The number of nitrogens with one attached hydrogen (secondary N) is 1. The third-order valence-corrected chi connectivity index (χ3v) is 5.17. The van der Waals surface area contributed by atoms with E-state index in [9.17, 15) is 9.18 Å². The second-order valence-electron chi connectivity index (χ2n) is 7.88. The SMILES string of the molecule is CC(C)NC(=O)N(Cc1c(-c2ccc(F)cc2)noc1N1CCOCC1)C1CC1. The van der Waals surface area contributed by atoms with Gasteiger partial charge >= 0.3 is 6.03 Å². The van der Waals surface area contributed by atoms with Crippen molar-refractivity contribution < 1.29 is 18.4 Å². The molecule has 2 aromatic rings. The number of rotatable bonds is 6. The minimum absolute atomic E-state index is 0.0570. The number of anilines is 1. The first kappa shape index (κ1) is 19.7. The summed E-state index contributed by atoms with van der Waals surface area (Å²) in [7, 11) is 0. The molecule has 4 rings (SSSR count). The van der Waals surface area contributed by atoms with Crippen molar-refractivity contribution in [2.24, 2.45) is 0 Å². The molecule has 1 aromatic carbocycles.